The van der Waals surface area contributed by atoms with Crippen LogP contribution in [0.4, 0.5) is 27.7 Å². The van der Waals surface area contributed by atoms with Crippen molar-refractivity contribution in [3.63, 3.8) is 0 Å². The summed E-state index contributed by atoms with van der Waals surface area (Å²) in [6.07, 6.45) is 2.45. The molecule has 3 heterocycles. The molecule has 150 valence electrons. The quantitative estimate of drug-likeness (QED) is 0.427. The van der Waals surface area contributed by atoms with Crippen LogP contribution in [0.3, 0.4) is 0 Å². The van der Waals surface area contributed by atoms with Crippen LogP contribution in [0.5, 0.6) is 0 Å². The van der Waals surface area contributed by atoms with Gasteiger partial charge in [0.05, 0.1) is 18.6 Å². The van der Waals surface area contributed by atoms with E-state index in [1.807, 2.05) is 54.6 Å². The van der Waals surface area contributed by atoms with E-state index in [0.717, 1.165) is 40.4 Å². The number of rotatable bonds is 4. The van der Waals surface area contributed by atoms with E-state index >= 15 is 0 Å². The molecule has 0 saturated carbocycles. The highest BCUT2D eigenvalue weighted by Crippen LogP contribution is 2.37. The molecular formula is C22H19N5O2S. The first-order valence-corrected chi connectivity index (χ1v) is 10.4. The Morgan fingerprint density at radius 2 is 1.67 bits per heavy atom. The van der Waals surface area contributed by atoms with Gasteiger partial charge in [-0.15, -0.1) is 11.3 Å². The molecule has 4 aromatic rings. The Morgan fingerprint density at radius 1 is 0.933 bits per heavy atom. The fraction of sp³-hybridized carbons (Fsp3) is 0.136. The molecule has 1 aliphatic heterocycles. The largest absolute Gasteiger partial charge is 0.376 e. The fourth-order valence-electron chi connectivity index (χ4n) is 3.44. The Kier molecular flexibility index (Phi) is 5.00. The minimum absolute atomic E-state index is 0.286. The number of urea groups is 1. The number of amides is 2. The van der Waals surface area contributed by atoms with Gasteiger partial charge in [0.25, 0.3) is 0 Å². The van der Waals surface area contributed by atoms with Gasteiger partial charge in [0.1, 0.15) is 17.0 Å². The van der Waals surface area contributed by atoms with Crippen molar-refractivity contribution >= 4 is 50.5 Å². The number of thiophene rings is 1. The van der Waals surface area contributed by atoms with Crippen LogP contribution < -0.4 is 16.0 Å². The molecule has 0 saturated heterocycles. The summed E-state index contributed by atoms with van der Waals surface area (Å²) in [5, 5.41) is 10.1. The summed E-state index contributed by atoms with van der Waals surface area (Å²) < 4.78 is 5.57. The van der Waals surface area contributed by atoms with Gasteiger partial charge >= 0.3 is 6.03 Å². The molecule has 2 aromatic carbocycles. The number of para-hydroxylation sites is 1. The molecule has 0 fully saturated rings. The fourth-order valence-corrected chi connectivity index (χ4v) is 4.56. The number of carbonyl (C=O) groups excluding carboxylic acids is 1. The van der Waals surface area contributed by atoms with Gasteiger partial charge in [-0.1, -0.05) is 18.2 Å². The molecule has 0 unspecified atom stereocenters. The number of ether oxygens (including phenoxy) is 1. The lowest BCUT2D eigenvalue weighted by Crippen LogP contribution is -2.19. The Bertz CT molecular complexity index is 1190. The molecule has 8 heteroatoms. The normalized spacial score (nSPS) is 12.9. The standard InChI is InChI=1S/C22H19N5O2S/c28-22(26-14-4-2-1-3-5-14)27-16-8-6-15(7-9-16)25-20-19-17-10-11-29-12-18(17)30-21(19)24-13-23-20/h1-9,13H,10-12H2,(H,23,24,25)(H2,26,27,28). The highest BCUT2D eigenvalue weighted by molar-refractivity contribution is 7.18. The van der Waals surface area contributed by atoms with Crippen molar-refractivity contribution in [2.75, 3.05) is 22.6 Å². The van der Waals surface area contributed by atoms with Crippen molar-refractivity contribution in [1.29, 1.82) is 0 Å². The summed E-state index contributed by atoms with van der Waals surface area (Å²) >= 11 is 1.66. The third-order valence-corrected chi connectivity index (χ3v) is 5.95. The van der Waals surface area contributed by atoms with Gasteiger partial charge in [0, 0.05) is 21.9 Å². The first kappa shape index (κ1) is 18.5. The van der Waals surface area contributed by atoms with Crippen molar-refractivity contribution in [2.45, 2.75) is 13.0 Å². The molecule has 7 nitrogen and oxygen atoms in total. The van der Waals surface area contributed by atoms with E-state index in [-0.39, 0.29) is 6.03 Å². The van der Waals surface area contributed by atoms with Crippen LogP contribution in [0.25, 0.3) is 10.2 Å². The minimum atomic E-state index is -0.286. The molecule has 0 bridgehead atoms. The van der Waals surface area contributed by atoms with E-state index in [4.69, 9.17) is 4.74 Å². The molecule has 1 aliphatic rings. The van der Waals surface area contributed by atoms with Crippen LogP contribution >= 0.6 is 11.3 Å². The second-order valence-electron chi connectivity index (χ2n) is 6.86. The first-order chi connectivity index (χ1) is 14.8. The third-order valence-electron chi connectivity index (χ3n) is 4.84. The number of hydrogen-bond acceptors (Lipinski definition) is 6. The lowest BCUT2D eigenvalue weighted by atomic mass is 10.1. The number of nitrogens with one attached hydrogen (secondary N) is 3. The van der Waals surface area contributed by atoms with E-state index in [2.05, 4.69) is 25.9 Å². The predicted molar refractivity (Wildman–Crippen MR) is 120 cm³/mol. The zero-order chi connectivity index (χ0) is 20.3. The number of benzene rings is 2. The van der Waals surface area contributed by atoms with E-state index in [1.165, 1.54) is 10.4 Å². The molecule has 0 radical (unpaired) electrons. The predicted octanol–water partition coefficient (Wildman–Crippen LogP) is 5.15. The van der Waals surface area contributed by atoms with Crippen molar-refractivity contribution < 1.29 is 9.53 Å². The Morgan fingerprint density at radius 3 is 2.47 bits per heavy atom. The van der Waals surface area contributed by atoms with Crippen molar-refractivity contribution in [1.82, 2.24) is 9.97 Å². The summed E-state index contributed by atoms with van der Waals surface area (Å²) in [6.45, 7) is 1.36. The van der Waals surface area contributed by atoms with E-state index < -0.39 is 0 Å². The smallest absolute Gasteiger partial charge is 0.323 e. The second-order valence-corrected chi connectivity index (χ2v) is 7.94. The summed E-state index contributed by atoms with van der Waals surface area (Å²) in [5.41, 5.74) is 3.61. The van der Waals surface area contributed by atoms with Crippen LogP contribution in [0.1, 0.15) is 10.4 Å². The zero-order valence-corrected chi connectivity index (χ0v) is 16.8. The van der Waals surface area contributed by atoms with Crippen LogP contribution in [0, 0.1) is 0 Å². The zero-order valence-electron chi connectivity index (χ0n) is 16.0. The average molecular weight is 417 g/mol. The van der Waals surface area contributed by atoms with Crippen molar-refractivity contribution in [3.8, 4) is 0 Å². The molecule has 0 atom stereocenters. The first-order valence-electron chi connectivity index (χ1n) is 9.59. The van der Waals surface area contributed by atoms with Gasteiger partial charge in [0.2, 0.25) is 0 Å². The number of carbonyl (C=O) groups is 1. The monoisotopic (exact) mass is 417 g/mol. The van der Waals surface area contributed by atoms with Gasteiger partial charge in [-0.3, -0.25) is 0 Å². The van der Waals surface area contributed by atoms with Crippen molar-refractivity contribution in [3.05, 3.63) is 71.4 Å². The van der Waals surface area contributed by atoms with E-state index in [9.17, 15) is 4.79 Å². The maximum absolute atomic E-state index is 12.1. The number of aromatic nitrogens is 2. The SMILES string of the molecule is O=C(Nc1ccccc1)Nc1ccc(Nc2ncnc3sc4c(c23)CCOC4)cc1. The van der Waals surface area contributed by atoms with Gasteiger partial charge < -0.3 is 20.7 Å². The van der Waals surface area contributed by atoms with E-state index in [0.29, 0.717) is 12.3 Å². The Labute approximate surface area is 177 Å². The molecule has 3 N–H and O–H groups in total. The summed E-state index contributed by atoms with van der Waals surface area (Å²) in [5.74, 6) is 0.793. The third kappa shape index (κ3) is 3.83. The van der Waals surface area contributed by atoms with Crippen LogP contribution in [0.15, 0.2) is 60.9 Å². The highest BCUT2D eigenvalue weighted by Gasteiger charge is 2.20. The van der Waals surface area contributed by atoms with Gasteiger partial charge in [-0.25, -0.2) is 14.8 Å². The maximum atomic E-state index is 12.1. The Balaban J connectivity index is 1.31. The Hall–Kier alpha value is -3.49. The molecule has 5 rings (SSSR count). The van der Waals surface area contributed by atoms with Gasteiger partial charge in [-0.05, 0) is 48.4 Å². The maximum Gasteiger partial charge on any atom is 0.323 e. The summed E-state index contributed by atoms with van der Waals surface area (Å²) in [6, 6.07) is 16.6. The molecule has 0 spiro atoms. The topological polar surface area (TPSA) is 88.2 Å². The molecule has 30 heavy (non-hydrogen) atoms. The van der Waals surface area contributed by atoms with Crippen LogP contribution in [-0.4, -0.2) is 22.6 Å². The molecular weight excluding hydrogens is 398 g/mol. The van der Waals surface area contributed by atoms with Crippen LogP contribution in [0.2, 0.25) is 0 Å². The summed E-state index contributed by atoms with van der Waals surface area (Å²) in [7, 11) is 0. The van der Waals surface area contributed by atoms with Crippen LogP contribution in [-0.2, 0) is 17.8 Å². The lowest BCUT2D eigenvalue weighted by Gasteiger charge is -2.13. The second kappa shape index (κ2) is 8.10. The average Bonchev–Trinajstić information content (AvgIpc) is 3.15. The van der Waals surface area contributed by atoms with Crippen molar-refractivity contribution in [2.24, 2.45) is 0 Å². The number of hydrogen-bond donors (Lipinski definition) is 3. The molecule has 2 amide bonds. The lowest BCUT2D eigenvalue weighted by molar-refractivity contribution is 0.114. The molecule has 2 aromatic heterocycles. The molecule has 0 aliphatic carbocycles. The minimum Gasteiger partial charge on any atom is -0.376 e. The summed E-state index contributed by atoms with van der Waals surface area (Å²) in [4.78, 5) is 23.2. The van der Waals surface area contributed by atoms with Gasteiger partial charge in [0.15, 0.2) is 0 Å². The number of fused-ring (bicyclic) bond motifs is 3. The van der Waals surface area contributed by atoms with Gasteiger partial charge in [-0.2, -0.15) is 0 Å². The number of anilines is 4. The number of nitrogens with zero attached hydrogens (tertiary/aromatic N) is 2. The van der Waals surface area contributed by atoms with E-state index in [1.54, 1.807) is 17.7 Å². The highest BCUT2D eigenvalue weighted by atomic mass is 32.1.